The van der Waals surface area contributed by atoms with Gasteiger partial charge in [-0.1, -0.05) is 13.0 Å². The summed E-state index contributed by atoms with van der Waals surface area (Å²) in [5, 5.41) is 2.63. The van der Waals surface area contributed by atoms with Crippen LogP contribution in [0.25, 0.3) is 0 Å². The third-order valence-electron chi connectivity index (χ3n) is 4.72. The van der Waals surface area contributed by atoms with E-state index in [9.17, 15) is 17.6 Å². The number of carbonyl (C=O) groups excluding carboxylic acids is 1. The zero-order chi connectivity index (χ0) is 20.9. The quantitative estimate of drug-likeness (QED) is 0.741. The molecule has 1 heterocycles. The summed E-state index contributed by atoms with van der Waals surface area (Å²) in [4.78, 5) is 14.4. The van der Waals surface area contributed by atoms with E-state index >= 15 is 0 Å². The number of hydrogen-bond acceptors (Lipinski definition) is 5. The lowest BCUT2D eigenvalue weighted by Crippen LogP contribution is -2.48. The van der Waals surface area contributed by atoms with Crippen molar-refractivity contribution in [1.82, 2.24) is 9.21 Å². The summed E-state index contributed by atoms with van der Waals surface area (Å²) in [5.41, 5.74) is 0.367. The maximum atomic E-state index is 12.9. The fourth-order valence-electron chi connectivity index (χ4n) is 3.05. The monoisotopic (exact) mass is 421 g/mol. The van der Waals surface area contributed by atoms with Crippen molar-refractivity contribution < 1.29 is 22.3 Å². The number of ether oxygens (including phenoxy) is 1. The largest absolute Gasteiger partial charge is 0.484 e. The highest BCUT2D eigenvalue weighted by atomic mass is 32.2. The molecule has 29 heavy (non-hydrogen) atoms. The van der Waals surface area contributed by atoms with E-state index in [2.05, 4.69) is 17.1 Å². The molecule has 0 aliphatic carbocycles. The number of amides is 1. The maximum absolute atomic E-state index is 12.9. The Balaban J connectivity index is 1.61. The Kier molecular flexibility index (Phi) is 6.83. The van der Waals surface area contributed by atoms with Crippen molar-refractivity contribution in [1.29, 1.82) is 0 Å². The van der Waals surface area contributed by atoms with Crippen molar-refractivity contribution in [2.75, 3.05) is 44.6 Å². The average molecular weight is 421 g/mol. The number of carbonyl (C=O) groups is 1. The van der Waals surface area contributed by atoms with Crippen molar-refractivity contribution in [2.24, 2.45) is 0 Å². The Morgan fingerprint density at radius 2 is 1.79 bits per heavy atom. The molecule has 1 amide bonds. The molecule has 1 N–H and O–H groups in total. The van der Waals surface area contributed by atoms with Gasteiger partial charge in [0.05, 0.1) is 4.90 Å². The maximum Gasteiger partial charge on any atom is 0.262 e. The molecule has 7 nitrogen and oxygen atoms in total. The van der Waals surface area contributed by atoms with E-state index in [0.717, 1.165) is 6.54 Å². The number of likely N-dealkylation sites (N-methyl/N-ethyl adjacent to an activating group) is 1. The number of hydrogen-bond donors (Lipinski definition) is 1. The molecule has 1 aliphatic heterocycles. The average Bonchev–Trinajstić information content (AvgIpc) is 2.73. The van der Waals surface area contributed by atoms with E-state index in [1.807, 2.05) is 0 Å². The van der Waals surface area contributed by atoms with Gasteiger partial charge in [0.1, 0.15) is 11.6 Å². The number of nitrogens with one attached hydrogen (secondary N) is 1. The number of sulfonamides is 1. The van der Waals surface area contributed by atoms with Gasteiger partial charge in [-0.3, -0.25) is 4.79 Å². The summed E-state index contributed by atoms with van der Waals surface area (Å²) in [6, 6.07) is 11.5. The van der Waals surface area contributed by atoms with Crippen molar-refractivity contribution in [3.05, 3.63) is 54.3 Å². The lowest BCUT2D eigenvalue weighted by molar-refractivity contribution is -0.118. The fraction of sp³-hybridized carbons (Fsp3) is 0.350. The Morgan fingerprint density at radius 1 is 1.10 bits per heavy atom. The minimum absolute atomic E-state index is 0.139. The van der Waals surface area contributed by atoms with Crippen LogP contribution in [0, 0.1) is 5.82 Å². The van der Waals surface area contributed by atoms with Gasteiger partial charge in [0.2, 0.25) is 10.0 Å². The molecule has 1 aliphatic rings. The highest BCUT2D eigenvalue weighted by molar-refractivity contribution is 7.89. The Labute approximate surface area is 170 Å². The Bertz CT molecular complexity index is 942. The van der Waals surface area contributed by atoms with E-state index in [1.165, 1.54) is 40.7 Å². The van der Waals surface area contributed by atoms with E-state index < -0.39 is 21.7 Å². The first-order chi connectivity index (χ1) is 13.9. The third kappa shape index (κ3) is 5.53. The Hall–Kier alpha value is -2.49. The molecule has 0 spiro atoms. The lowest BCUT2D eigenvalue weighted by Gasteiger charge is -2.33. The highest BCUT2D eigenvalue weighted by Crippen LogP contribution is 2.21. The van der Waals surface area contributed by atoms with Crippen molar-refractivity contribution in [3.8, 4) is 5.75 Å². The van der Waals surface area contributed by atoms with Gasteiger partial charge in [0.15, 0.2) is 6.61 Å². The summed E-state index contributed by atoms with van der Waals surface area (Å²) < 4.78 is 45.5. The van der Waals surface area contributed by atoms with Crippen LogP contribution in [0.1, 0.15) is 6.92 Å². The zero-order valence-electron chi connectivity index (χ0n) is 16.2. The summed E-state index contributed by atoms with van der Waals surface area (Å²) in [6.07, 6.45) is 0. The van der Waals surface area contributed by atoms with Crippen molar-refractivity contribution in [2.45, 2.75) is 11.8 Å². The van der Waals surface area contributed by atoms with Crippen LogP contribution in [-0.4, -0.2) is 62.9 Å². The SMILES string of the molecule is CCN1CCN(S(=O)(=O)c2cccc(NC(=O)COc3ccc(F)cc3)c2)CC1. The smallest absolute Gasteiger partial charge is 0.262 e. The standard InChI is InChI=1S/C20H24FN3O4S/c1-2-23-10-12-24(13-11-23)29(26,27)19-5-3-4-17(14-19)22-20(25)15-28-18-8-6-16(21)7-9-18/h3-9,14H,2,10-13,15H2,1H3,(H,22,25). The van der Waals surface area contributed by atoms with E-state index in [0.29, 0.717) is 37.6 Å². The van der Waals surface area contributed by atoms with Crippen LogP contribution in [0.2, 0.25) is 0 Å². The van der Waals surface area contributed by atoms with Crippen LogP contribution in [0.4, 0.5) is 10.1 Å². The minimum Gasteiger partial charge on any atom is -0.484 e. The lowest BCUT2D eigenvalue weighted by atomic mass is 10.3. The molecule has 0 aromatic heterocycles. The Morgan fingerprint density at radius 3 is 2.45 bits per heavy atom. The van der Waals surface area contributed by atoms with Gasteiger partial charge in [-0.2, -0.15) is 4.31 Å². The molecule has 2 aromatic rings. The molecule has 0 atom stereocenters. The predicted molar refractivity (Wildman–Crippen MR) is 108 cm³/mol. The first-order valence-electron chi connectivity index (χ1n) is 9.39. The van der Waals surface area contributed by atoms with Crippen LogP contribution in [0.15, 0.2) is 53.4 Å². The topological polar surface area (TPSA) is 79.0 Å². The second-order valence-electron chi connectivity index (χ2n) is 6.66. The van der Waals surface area contributed by atoms with Crippen LogP contribution < -0.4 is 10.1 Å². The van der Waals surface area contributed by atoms with Gasteiger partial charge in [0, 0.05) is 31.9 Å². The molecule has 0 unspecified atom stereocenters. The van der Waals surface area contributed by atoms with Gasteiger partial charge in [0.25, 0.3) is 5.91 Å². The third-order valence-corrected chi connectivity index (χ3v) is 6.61. The molecule has 156 valence electrons. The fourth-order valence-corrected chi connectivity index (χ4v) is 4.51. The molecule has 1 fully saturated rings. The second-order valence-corrected chi connectivity index (χ2v) is 8.59. The van der Waals surface area contributed by atoms with Crippen LogP contribution in [-0.2, 0) is 14.8 Å². The summed E-state index contributed by atoms with van der Waals surface area (Å²) in [5.74, 6) is -0.472. The van der Waals surface area contributed by atoms with E-state index in [-0.39, 0.29) is 11.5 Å². The molecule has 9 heteroatoms. The summed E-state index contributed by atoms with van der Waals surface area (Å²) in [6.45, 7) is 4.96. The van der Waals surface area contributed by atoms with Crippen LogP contribution in [0.3, 0.4) is 0 Å². The number of nitrogens with zero attached hydrogens (tertiary/aromatic N) is 2. The minimum atomic E-state index is -3.62. The number of halogens is 1. The van der Waals surface area contributed by atoms with Gasteiger partial charge in [-0.05, 0) is 49.0 Å². The van der Waals surface area contributed by atoms with Crippen molar-refractivity contribution >= 4 is 21.6 Å². The molecule has 3 rings (SSSR count). The molecule has 0 saturated carbocycles. The molecule has 0 radical (unpaired) electrons. The van der Waals surface area contributed by atoms with Gasteiger partial charge in [-0.25, -0.2) is 12.8 Å². The number of anilines is 1. The number of benzene rings is 2. The van der Waals surface area contributed by atoms with Gasteiger partial charge in [-0.15, -0.1) is 0 Å². The van der Waals surface area contributed by atoms with Crippen molar-refractivity contribution in [3.63, 3.8) is 0 Å². The summed E-state index contributed by atoms with van der Waals surface area (Å²) >= 11 is 0. The van der Waals surface area contributed by atoms with Gasteiger partial charge >= 0.3 is 0 Å². The molecular formula is C20H24FN3O4S. The van der Waals surface area contributed by atoms with Gasteiger partial charge < -0.3 is 15.0 Å². The van der Waals surface area contributed by atoms with Crippen LogP contribution in [0.5, 0.6) is 5.75 Å². The molecule has 0 bridgehead atoms. The normalized spacial score (nSPS) is 15.8. The van der Waals surface area contributed by atoms with E-state index in [1.54, 1.807) is 12.1 Å². The summed E-state index contributed by atoms with van der Waals surface area (Å²) in [7, 11) is -3.62. The number of piperazine rings is 1. The first-order valence-corrected chi connectivity index (χ1v) is 10.8. The number of rotatable bonds is 7. The zero-order valence-corrected chi connectivity index (χ0v) is 17.0. The first kappa shape index (κ1) is 21.2. The molecule has 2 aromatic carbocycles. The van der Waals surface area contributed by atoms with E-state index in [4.69, 9.17) is 4.74 Å². The second kappa shape index (κ2) is 9.34. The molecule has 1 saturated heterocycles. The van der Waals surface area contributed by atoms with Crippen LogP contribution >= 0.6 is 0 Å². The molecular weight excluding hydrogens is 397 g/mol. The predicted octanol–water partition coefficient (Wildman–Crippen LogP) is 2.17. The highest BCUT2D eigenvalue weighted by Gasteiger charge is 2.28.